The lowest BCUT2D eigenvalue weighted by atomic mass is 9.88. The fourth-order valence-electron chi connectivity index (χ4n) is 5.29. The van der Waals surface area contributed by atoms with E-state index in [1.807, 2.05) is 24.0 Å². The van der Waals surface area contributed by atoms with E-state index in [2.05, 4.69) is 51.1 Å². The van der Waals surface area contributed by atoms with Crippen LogP contribution in [0.25, 0.3) is 10.6 Å². The van der Waals surface area contributed by atoms with Crippen molar-refractivity contribution in [2.45, 2.75) is 58.5 Å². The van der Waals surface area contributed by atoms with Crippen molar-refractivity contribution < 1.29 is 9.53 Å². The van der Waals surface area contributed by atoms with Gasteiger partial charge in [0.2, 0.25) is 0 Å². The Morgan fingerprint density at radius 3 is 2.51 bits per heavy atom. The molecule has 5 rings (SSSR count). The van der Waals surface area contributed by atoms with Crippen molar-refractivity contribution in [1.82, 2.24) is 9.88 Å². The summed E-state index contributed by atoms with van der Waals surface area (Å²) in [6.45, 7) is 11.2. The average molecular weight is 486 g/mol. The van der Waals surface area contributed by atoms with E-state index in [0.29, 0.717) is 24.7 Å². The topological polar surface area (TPSA) is 66.2 Å². The zero-order valence-corrected chi connectivity index (χ0v) is 21.7. The molecular weight excluding hydrogens is 454 g/mol. The SMILES string of the molecule is Cc1cc(C)c(-c2nc3c(s2)COCC3(C)C)cc1C(=O)N1CCC(c2ccc(C#N)cc2)CC1. The Labute approximate surface area is 211 Å². The molecule has 180 valence electrons. The summed E-state index contributed by atoms with van der Waals surface area (Å²) in [6, 6.07) is 14.2. The summed E-state index contributed by atoms with van der Waals surface area (Å²) >= 11 is 1.69. The van der Waals surface area contributed by atoms with E-state index in [1.54, 1.807) is 11.3 Å². The molecule has 2 aliphatic heterocycles. The minimum atomic E-state index is -0.0984. The molecule has 0 aliphatic carbocycles. The Bertz CT molecular complexity index is 1310. The molecule has 0 N–H and O–H groups in total. The van der Waals surface area contributed by atoms with Gasteiger partial charge in [-0.05, 0) is 67.5 Å². The van der Waals surface area contributed by atoms with Gasteiger partial charge in [0.15, 0.2) is 0 Å². The van der Waals surface area contributed by atoms with Crippen molar-refractivity contribution in [1.29, 1.82) is 5.26 Å². The number of aryl methyl sites for hydroxylation is 2. The number of carbonyl (C=O) groups is 1. The third kappa shape index (κ3) is 4.51. The van der Waals surface area contributed by atoms with Crippen LogP contribution >= 0.6 is 11.3 Å². The standard InChI is InChI=1S/C29H31N3O2S/c1-18-13-19(2)24(14-23(18)27-31-26-25(35-27)16-34-17-29(26,3)4)28(33)32-11-9-22(10-12-32)21-7-5-20(15-30)6-8-21/h5-8,13-14,22H,9-12,16-17H2,1-4H3. The predicted octanol–water partition coefficient (Wildman–Crippen LogP) is 6.13. The predicted molar refractivity (Wildman–Crippen MR) is 139 cm³/mol. The van der Waals surface area contributed by atoms with Crippen LogP contribution in [0.2, 0.25) is 0 Å². The summed E-state index contributed by atoms with van der Waals surface area (Å²) in [6.07, 6.45) is 1.87. The van der Waals surface area contributed by atoms with Crippen LogP contribution in [0, 0.1) is 25.2 Å². The number of piperidine rings is 1. The molecule has 0 radical (unpaired) electrons. The fourth-order valence-corrected chi connectivity index (χ4v) is 6.55. The van der Waals surface area contributed by atoms with Gasteiger partial charge in [-0.2, -0.15) is 5.26 Å². The normalized spacial score (nSPS) is 17.6. The van der Waals surface area contributed by atoms with Gasteiger partial charge < -0.3 is 9.64 Å². The zero-order valence-electron chi connectivity index (χ0n) is 20.9. The molecule has 1 fully saturated rings. The lowest BCUT2D eigenvalue weighted by molar-refractivity contribution is 0.0648. The van der Waals surface area contributed by atoms with E-state index in [0.717, 1.165) is 58.9 Å². The molecule has 0 unspecified atom stereocenters. The number of nitriles is 1. The monoisotopic (exact) mass is 485 g/mol. The van der Waals surface area contributed by atoms with Crippen LogP contribution in [0.5, 0.6) is 0 Å². The Morgan fingerprint density at radius 2 is 1.86 bits per heavy atom. The number of carbonyl (C=O) groups excluding carboxylic acids is 1. The number of benzene rings is 2. The van der Waals surface area contributed by atoms with Gasteiger partial charge >= 0.3 is 0 Å². The first kappa shape index (κ1) is 23.7. The summed E-state index contributed by atoms with van der Waals surface area (Å²) in [7, 11) is 0. The third-order valence-electron chi connectivity index (χ3n) is 7.36. The van der Waals surface area contributed by atoms with Gasteiger partial charge in [-0.15, -0.1) is 11.3 Å². The Kier molecular flexibility index (Phi) is 6.25. The minimum Gasteiger partial charge on any atom is -0.375 e. The first-order valence-corrected chi connectivity index (χ1v) is 13.1. The van der Waals surface area contributed by atoms with Crippen LogP contribution in [0.1, 0.15) is 75.8 Å². The molecule has 3 heterocycles. The first-order chi connectivity index (χ1) is 16.8. The number of nitrogens with zero attached hydrogens (tertiary/aromatic N) is 3. The number of ether oxygens (including phenoxy) is 1. The molecule has 6 heteroatoms. The Balaban J connectivity index is 1.36. The number of amides is 1. The van der Waals surface area contributed by atoms with Crippen LogP contribution < -0.4 is 0 Å². The van der Waals surface area contributed by atoms with Gasteiger partial charge in [0.1, 0.15) is 5.01 Å². The van der Waals surface area contributed by atoms with Gasteiger partial charge in [0, 0.05) is 29.6 Å². The quantitative estimate of drug-likeness (QED) is 0.448. The lowest BCUT2D eigenvalue weighted by Crippen LogP contribution is -2.38. The number of hydrogen-bond acceptors (Lipinski definition) is 5. The molecule has 0 atom stereocenters. The summed E-state index contributed by atoms with van der Waals surface area (Å²) in [5.41, 5.74) is 6.93. The van der Waals surface area contributed by atoms with Crippen molar-refractivity contribution in [3.8, 4) is 16.6 Å². The van der Waals surface area contributed by atoms with Gasteiger partial charge in [0.05, 0.1) is 35.4 Å². The van der Waals surface area contributed by atoms with Crippen LogP contribution in [0.3, 0.4) is 0 Å². The Morgan fingerprint density at radius 1 is 1.14 bits per heavy atom. The highest BCUT2D eigenvalue weighted by atomic mass is 32.1. The molecule has 5 nitrogen and oxygen atoms in total. The van der Waals surface area contributed by atoms with Crippen LogP contribution in [0.15, 0.2) is 36.4 Å². The third-order valence-corrected chi connectivity index (χ3v) is 8.42. The van der Waals surface area contributed by atoms with Crippen LogP contribution in [-0.2, 0) is 16.8 Å². The van der Waals surface area contributed by atoms with Crippen LogP contribution in [-0.4, -0.2) is 35.5 Å². The molecule has 1 aromatic heterocycles. The van der Waals surface area contributed by atoms with Crippen molar-refractivity contribution >= 4 is 17.2 Å². The van der Waals surface area contributed by atoms with Crippen molar-refractivity contribution in [2.24, 2.45) is 0 Å². The number of hydrogen-bond donors (Lipinski definition) is 0. The maximum atomic E-state index is 13.6. The van der Waals surface area contributed by atoms with E-state index in [9.17, 15) is 4.79 Å². The first-order valence-electron chi connectivity index (χ1n) is 12.3. The maximum absolute atomic E-state index is 13.6. The highest BCUT2D eigenvalue weighted by molar-refractivity contribution is 7.15. The number of thiazole rings is 1. The molecular formula is C29H31N3O2S. The summed E-state index contributed by atoms with van der Waals surface area (Å²) < 4.78 is 5.80. The van der Waals surface area contributed by atoms with Gasteiger partial charge in [-0.3, -0.25) is 4.79 Å². The van der Waals surface area contributed by atoms with Crippen LogP contribution in [0.4, 0.5) is 0 Å². The number of fused-ring (bicyclic) bond motifs is 1. The Hall–Kier alpha value is -3.01. The van der Waals surface area contributed by atoms with Crippen molar-refractivity contribution in [3.63, 3.8) is 0 Å². The van der Waals surface area contributed by atoms with Gasteiger partial charge in [-0.25, -0.2) is 4.98 Å². The zero-order chi connectivity index (χ0) is 24.7. The second-order valence-electron chi connectivity index (χ2n) is 10.4. The highest BCUT2D eigenvalue weighted by Crippen LogP contribution is 2.40. The summed E-state index contributed by atoms with van der Waals surface area (Å²) in [4.78, 5) is 21.8. The second kappa shape index (κ2) is 9.22. The molecule has 2 aromatic carbocycles. The van der Waals surface area contributed by atoms with Crippen molar-refractivity contribution in [3.05, 3.63) is 74.8 Å². The summed E-state index contributed by atoms with van der Waals surface area (Å²) in [5, 5.41) is 10.0. The molecule has 1 saturated heterocycles. The summed E-state index contributed by atoms with van der Waals surface area (Å²) in [5.74, 6) is 0.528. The second-order valence-corrected chi connectivity index (χ2v) is 11.5. The van der Waals surface area contributed by atoms with Gasteiger partial charge in [-0.1, -0.05) is 32.0 Å². The smallest absolute Gasteiger partial charge is 0.254 e. The van der Waals surface area contributed by atoms with E-state index >= 15 is 0 Å². The largest absolute Gasteiger partial charge is 0.375 e. The molecule has 0 saturated carbocycles. The van der Waals surface area contributed by atoms with Gasteiger partial charge in [0.25, 0.3) is 5.91 Å². The lowest BCUT2D eigenvalue weighted by Gasteiger charge is -2.32. The molecule has 0 spiro atoms. The minimum absolute atomic E-state index is 0.0984. The maximum Gasteiger partial charge on any atom is 0.254 e. The number of aromatic nitrogens is 1. The number of rotatable bonds is 3. The van der Waals surface area contributed by atoms with E-state index < -0.39 is 0 Å². The van der Waals surface area contributed by atoms with E-state index in [1.165, 1.54) is 10.4 Å². The van der Waals surface area contributed by atoms with Crippen molar-refractivity contribution in [2.75, 3.05) is 19.7 Å². The fraction of sp³-hybridized carbons (Fsp3) is 0.414. The molecule has 0 bridgehead atoms. The molecule has 2 aliphatic rings. The molecule has 3 aromatic rings. The average Bonchev–Trinajstić information content (AvgIpc) is 3.29. The highest BCUT2D eigenvalue weighted by Gasteiger charge is 2.33. The van der Waals surface area contributed by atoms with E-state index in [-0.39, 0.29) is 11.3 Å². The number of likely N-dealkylation sites (tertiary alicyclic amines) is 1. The van der Waals surface area contributed by atoms with E-state index in [4.69, 9.17) is 15.0 Å². The molecule has 35 heavy (non-hydrogen) atoms. The molecule has 1 amide bonds.